The van der Waals surface area contributed by atoms with Gasteiger partial charge in [-0.1, -0.05) is 19.9 Å². The van der Waals surface area contributed by atoms with E-state index in [2.05, 4.69) is 26.0 Å². The van der Waals surface area contributed by atoms with Crippen molar-refractivity contribution in [3.63, 3.8) is 0 Å². The van der Waals surface area contributed by atoms with Gasteiger partial charge < -0.3 is 23.8 Å². The number of methoxy groups -OCH3 is 2. The summed E-state index contributed by atoms with van der Waals surface area (Å²) in [6.45, 7) is 11.0. The van der Waals surface area contributed by atoms with Gasteiger partial charge in [0.25, 0.3) is 0 Å². The van der Waals surface area contributed by atoms with Crippen molar-refractivity contribution in [2.45, 2.75) is 59.3 Å². The fourth-order valence-corrected chi connectivity index (χ4v) is 4.09. The summed E-state index contributed by atoms with van der Waals surface area (Å²) in [6, 6.07) is 11.8. The molecular weight excluding hydrogens is 406 g/mol. The van der Waals surface area contributed by atoms with E-state index in [0.29, 0.717) is 13.2 Å². The Hall–Kier alpha value is -2.89. The molecule has 6 heteroatoms. The zero-order chi connectivity index (χ0) is 23.5. The molecule has 1 aliphatic heterocycles. The first-order valence-electron chi connectivity index (χ1n) is 11.1. The van der Waals surface area contributed by atoms with E-state index in [1.807, 2.05) is 49.9 Å². The molecule has 0 spiro atoms. The standard InChI is InChI=1S/C26H35NO5/c1-17(2)24-23-9-8-20(31-16-18-12-21(29-6)15-22(13-18)30-7)14-19(23)10-11-27(24)25(28)32-26(3,4)5/h8-9,12-15,17,24H,10-11,16H2,1-7H3. The number of carbonyl (C=O) groups is 1. The van der Waals surface area contributed by atoms with Crippen LogP contribution in [0.25, 0.3) is 0 Å². The van der Waals surface area contributed by atoms with Gasteiger partial charge in [0.1, 0.15) is 29.5 Å². The van der Waals surface area contributed by atoms with E-state index in [-0.39, 0.29) is 18.1 Å². The maximum atomic E-state index is 12.8. The van der Waals surface area contributed by atoms with E-state index in [1.165, 1.54) is 5.56 Å². The molecule has 0 saturated heterocycles. The molecule has 1 atom stereocenters. The quantitative estimate of drug-likeness (QED) is 0.569. The third kappa shape index (κ3) is 5.67. The number of ether oxygens (including phenoxy) is 4. The van der Waals surface area contributed by atoms with Gasteiger partial charge in [0.15, 0.2) is 0 Å². The molecule has 2 aromatic rings. The highest BCUT2D eigenvalue weighted by Crippen LogP contribution is 2.38. The van der Waals surface area contributed by atoms with Gasteiger partial charge in [-0.3, -0.25) is 0 Å². The van der Waals surface area contributed by atoms with Gasteiger partial charge in [0.05, 0.1) is 20.3 Å². The van der Waals surface area contributed by atoms with Gasteiger partial charge in [-0.05, 0) is 74.1 Å². The Labute approximate surface area is 191 Å². The summed E-state index contributed by atoms with van der Waals surface area (Å²) < 4.78 is 22.4. The molecule has 32 heavy (non-hydrogen) atoms. The van der Waals surface area contributed by atoms with Gasteiger partial charge in [-0.25, -0.2) is 4.79 Å². The van der Waals surface area contributed by atoms with Crippen LogP contribution in [0.2, 0.25) is 0 Å². The summed E-state index contributed by atoms with van der Waals surface area (Å²) in [6.07, 6.45) is 0.510. The third-order valence-corrected chi connectivity index (χ3v) is 5.47. The molecule has 0 radical (unpaired) electrons. The number of hydrogen-bond acceptors (Lipinski definition) is 5. The minimum absolute atomic E-state index is 0.0229. The van der Waals surface area contributed by atoms with Crippen molar-refractivity contribution in [3.05, 3.63) is 53.1 Å². The first-order valence-corrected chi connectivity index (χ1v) is 11.1. The Bertz CT molecular complexity index is 925. The molecule has 6 nitrogen and oxygen atoms in total. The van der Waals surface area contributed by atoms with Crippen molar-refractivity contribution in [2.75, 3.05) is 20.8 Å². The van der Waals surface area contributed by atoms with Gasteiger partial charge in [0.2, 0.25) is 0 Å². The molecule has 2 aromatic carbocycles. The highest BCUT2D eigenvalue weighted by Gasteiger charge is 2.35. The second-order valence-corrected chi connectivity index (χ2v) is 9.48. The Balaban J connectivity index is 1.78. The first-order chi connectivity index (χ1) is 15.1. The summed E-state index contributed by atoms with van der Waals surface area (Å²) in [7, 11) is 3.27. The van der Waals surface area contributed by atoms with E-state index in [9.17, 15) is 4.79 Å². The summed E-state index contributed by atoms with van der Waals surface area (Å²) in [5.41, 5.74) is 2.83. The average molecular weight is 442 g/mol. The maximum absolute atomic E-state index is 12.8. The number of nitrogens with zero attached hydrogens (tertiary/aromatic N) is 1. The van der Waals surface area contributed by atoms with Crippen LogP contribution in [-0.4, -0.2) is 37.4 Å². The van der Waals surface area contributed by atoms with Crippen molar-refractivity contribution in [3.8, 4) is 17.2 Å². The Kier molecular flexibility index (Phi) is 7.22. The summed E-state index contributed by atoms with van der Waals surface area (Å²) in [4.78, 5) is 14.7. The highest BCUT2D eigenvalue weighted by atomic mass is 16.6. The van der Waals surface area contributed by atoms with E-state index >= 15 is 0 Å². The zero-order valence-electron chi connectivity index (χ0n) is 20.2. The van der Waals surface area contributed by atoms with Crippen molar-refractivity contribution < 1.29 is 23.7 Å². The lowest BCUT2D eigenvalue weighted by Gasteiger charge is -2.40. The predicted octanol–water partition coefficient (Wildman–Crippen LogP) is 5.77. The fraction of sp³-hybridized carbons (Fsp3) is 0.500. The Morgan fingerprint density at radius 3 is 2.25 bits per heavy atom. The van der Waals surface area contributed by atoms with E-state index in [4.69, 9.17) is 18.9 Å². The van der Waals surface area contributed by atoms with Crippen LogP contribution in [-0.2, 0) is 17.8 Å². The Morgan fingerprint density at radius 1 is 1.03 bits per heavy atom. The molecule has 3 rings (SSSR count). The van der Waals surface area contributed by atoms with E-state index in [0.717, 1.165) is 34.8 Å². The number of rotatable bonds is 6. The summed E-state index contributed by atoms with van der Waals surface area (Å²) in [5, 5.41) is 0. The van der Waals surface area contributed by atoms with E-state index in [1.54, 1.807) is 14.2 Å². The molecule has 0 bridgehead atoms. The third-order valence-electron chi connectivity index (χ3n) is 5.47. The molecule has 0 aliphatic carbocycles. The van der Waals surface area contributed by atoms with Crippen LogP contribution in [0.15, 0.2) is 36.4 Å². The van der Waals surface area contributed by atoms with Crippen molar-refractivity contribution in [1.82, 2.24) is 4.90 Å². The lowest BCUT2D eigenvalue weighted by molar-refractivity contribution is 0.00876. The SMILES string of the molecule is COc1cc(COc2ccc3c(c2)CCN(C(=O)OC(C)(C)C)C3C(C)C)cc(OC)c1. The van der Waals surface area contributed by atoms with Crippen LogP contribution in [0.1, 0.15) is 57.4 Å². The minimum atomic E-state index is -0.514. The predicted molar refractivity (Wildman–Crippen MR) is 125 cm³/mol. The van der Waals surface area contributed by atoms with Crippen LogP contribution in [0.4, 0.5) is 4.79 Å². The molecule has 174 valence electrons. The topological polar surface area (TPSA) is 57.2 Å². The smallest absolute Gasteiger partial charge is 0.410 e. The zero-order valence-corrected chi connectivity index (χ0v) is 20.2. The molecular formula is C26H35NO5. The second kappa shape index (κ2) is 9.72. The highest BCUT2D eigenvalue weighted by molar-refractivity contribution is 5.69. The van der Waals surface area contributed by atoms with Crippen LogP contribution in [0.5, 0.6) is 17.2 Å². The second-order valence-electron chi connectivity index (χ2n) is 9.48. The maximum Gasteiger partial charge on any atom is 0.410 e. The summed E-state index contributed by atoms with van der Waals surface area (Å²) in [5.74, 6) is 2.53. The minimum Gasteiger partial charge on any atom is -0.497 e. The van der Waals surface area contributed by atoms with Gasteiger partial charge in [0, 0.05) is 12.6 Å². The molecule has 0 fully saturated rings. The lowest BCUT2D eigenvalue weighted by atomic mass is 9.86. The molecule has 0 saturated carbocycles. The van der Waals surface area contributed by atoms with Crippen molar-refractivity contribution >= 4 is 6.09 Å². The van der Waals surface area contributed by atoms with Gasteiger partial charge >= 0.3 is 6.09 Å². The summed E-state index contributed by atoms with van der Waals surface area (Å²) >= 11 is 0. The average Bonchev–Trinajstić information content (AvgIpc) is 2.74. The van der Waals surface area contributed by atoms with Gasteiger partial charge in [-0.2, -0.15) is 0 Å². The van der Waals surface area contributed by atoms with Crippen LogP contribution < -0.4 is 14.2 Å². The number of carbonyl (C=O) groups excluding carboxylic acids is 1. The number of fused-ring (bicyclic) bond motifs is 1. The van der Waals surface area contributed by atoms with E-state index < -0.39 is 5.60 Å². The van der Waals surface area contributed by atoms with Crippen LogP contribution in [0, 0.1) is 5.92 Å². The van der Waals surface area contributed by atoms with Crippen molar-refractivity contribution in [1.29, 1.82) is 0 Å². The molecule has 1 amide bonds. The largest absolute Gasteiger partial charge is 0.497 e. The normalized spacial score (nSPS) is 15.9. The van der Waals surface area contributed by atoms with Crippen LogP contribution in [0.3, 0.4) is 0 Å². The first kappa shape index (κ1) is 23.8. The van der Waals surface area contributed by atoms with Gasteiger partial charge in [-0.15, -0.1) is 0 Å². The Morgan fingerprint density at radius 2 is 1.69 bits per heavy atom. The molecule has 0 aromatic heterocycles. The fourth-order valence-electron chi connectivity index (χ4n) is 4.09. The molecule has 0 N–H and O–H groups in total. The number of hydrogen-bond donors (Lipinski definition) is 0. The molecule has 1 heterocycles. The molecule has 1 unspecified atom stereocenters. The number of benzene rings is 2. The van der Waals surface area contributed by atoms with Crippen LogP contribution >= 0.6 is 0 Å². The monoisotopic (exact) mass is 441 g/mol. The number of amides is 1. The lowest BCUT2D eigenvalue weighted by Crippen LogP contribution is -2.44. The van der Waals surface area contributed by atoms with Crippen molar-refractivity contribution in [2.24, 2.45) is 5.92 Å². The molecule has 1 aliphatic rings.